The first-order valence-electron chi connectivity index (χ1n) is 10.8. The second-order valence-electron chi connectivity index (χ2n) is 8.58. The van der Waals surface area contributed by atoms with E-state index in [-0.39, 0.29) is 36.7 Å². The highest BCUT2D eigenvalue weighted by Gasteiger charge is 2.39. The van der Waals surface area contributed by atoms with Crippen LogP contribution in [0.15, 0.2) is 24.7 Å². The monoisotopic (exact) mass is 442 g/mol. The van der Waals surface area contributed by atoms with Gasteiger partial charge in [0.15, 0.2) is 6.61 Å². The summed E-state index contributed by atoms with van der Waals surface area (Å²) in [5.41, 5.74) is 3.55. The van der Waals surface area contributed by atoms with Gasteiger partial charge in [-0.15, -0.1) is 0 Å². The summed E-state index contributed by atoms with van der Waals surface area (Å²) in [4.78, 5) is 30.9. The van der Waals surface area contributed by atoms with Gasteiger partial charge in [-0.3, -0.25) is 9.59 Å². The molecule has 2 amide bonds. The molecule has 1 aromatic heterocycles. The highest BCUT2D eigenvalue weighted by Crippen LogP contribution is 2.26. The first-order chi connectivity index (χ1) is 15.3. The Kier molecular flexibility index (Phi) is 6.48. The van der Waals surface area contributed by atoms with E-state index in [4.69, 9.17) is 14.2 Å². The number of fused-ring (bicyclic) bond motifs is 1. The SMILES string of the molecule is Cc1ccc(C)c(OCC(=O)N2C[C@@H]3OCC(NC(=O)c4cn(C)cn4)CO[C@H]3C2)c1C. The summed E-state index contributed by atoms with van der Waals surface area (Å²) >= 11 is 0. The Labute approximate surface area is 187 Å². The first-order valence-corrected chi connectivity index (χ1v) is 10.8. The topological polar surface area (TPSA) is 94.9 Å². The van der Waals surface area contributed by atoms with E-state index in [0.717, 1.165) is 22.4 Å². The molecule has 2 saturated heterocycles. The number of imidazole rings is 1. The predicted octanol–water partition coefficient (Wildman–Crippen LogP) is 1.15. The van der Waals surface area contributed by atoms with Crippen molar-refractivity contribution in [2.24, 2.45) is 7.05 Å². The molecule has 9 heteroatoms. The third kappa shape index (κ3) is 4.78. The third-order valence-electron chi connectivity index (χ3n) is 6.08. The number of aryl methyl sites for hydroxylation is 3. The lowest BCUT2D eigenvalue weighted by Crippen LogP contribution is -2.41. The molecule has 3 heterocycles. The summed E-state index contributed by atoms with van der Waals surface area (Å²) in [6, 6.07) is 3.78. The molecule has 0 radical (unpaired) electrons. The molecule has 2 atom stereocenters. The maximum atomic E-state index is 12.7. The van der Waals surface area contributed by atoms with E-state index >= 15 is 0 Å². The van der Waals surface area contributed by atoms with Gasteiger partial charge in [-0.25, -0.2) is 4.98 Å². The number of nitrogens with one attached hydrogen (secondary N) is 1. The molecule has 0 saturated carbocycles. The molecule has 2 aromatic rings. The average Bonchev–Trinajstić information content (AvgIpc) is 3.34. The van der Waals surface area contributed by atoms with Crippen LogP contribution in [0.25, 0.3) is 0 Å². The van der Waals surface area contributed by atoms with Gasteiger partial charge in [-0.05, 0) is 37.5 Å². The summed E-state index contributed by atoms with van der Waals surface area (Å²) in [7, 11) is 1.81. The molecule has 0 spiro atoms. The van der Waals surface area contributed by atoms with Crippen LogP contribution >= 0.6 is 0 Å². The summed E-state index contributed by atoms with van der Waals surface area (Å²) in [5, 5.41) is 2.90. The fourth-order valence-corrected chi connectivity index (χ4v) is 4.04. The zero-order valence-corrected chi connectivity index (χ0v) is 19.0. The Hall–Kier alpha value is -2.91. The molecule has 0 aliphatic carbocycles. The van der Waals surface area contributed by atoms with E-state index in [0.29, 0.717) is 32.0 Å². The van der Waals surface area contributed by atoms with E-state index in [1.54, 1.807) is 22.0 Å². The van der Waals surface area contributed by atoms with Crippen LogP contribution in [-0.2, 0) is 21.3 Å². The van der Waals surface area contributed by atoms with Gasteiger partial charge >= 0.3 is 0 Å². The number of rotatable bonds is 5. The fourth-order valence-electron chi connectivity index (χ4n) is 4.04. The van der Waals surface area contributed by atoms with Crippen LogP contribution < -0.4 is 10.1 Å². The normalized spacial score (nSPS) is 21.2. The van der Waals surface area contributed by atoms with Crippen LogP contribution in [-0.4, -0.2) is 77.4 Å². The van der Waals surface area contributed by atoms with Crippen molar-refractivity contribution in [1.29, 1.82) is 0 Å². The Bertz CT molecular complexity index is 988. The van der Waals surface area contributed by atoms with Gasteiger partial charge in [-0.2, -0.15) is 0 Å². The van der Waals surface area contributed by atoms with E-state index in [1.165, 1.54) is 0 Å². The van der Waals surface area contributed by atoms with E-state index in [9.17, 15) is 9.59 Å². The summed E-state index contributed by atoms with van der Waals surface area (Å²) in [6.07, 6.45) is 2.79. The molecule has 9 nitrogen and oxygen atoms in total. The summed E-state index contributed by atoms with van der Waals surface area (Å²) in [5.74, 6) is 0.418. The molecule has 2 fully saturated rings. The molecule has 2 aliphatic rings. The van der Waals surface area contributed by atoms with Crippen molar-refractivity contribution < 1.29 is 23.8 Å². The number of ether oxygens (including phenoxy) is 3. The fraction of sp³-hybridized carbons (Fsp3) is 0.522. The molecule has 32 heavy (non-hydrogen) atoms. The van der Waals surface area contributed by atoms with Crippen molar-refractivity contribution in [2.75, 3.05) is 32.9 Å². The standard InChI is InChI=1S/C23H30N4O5/c1-14-5-6-15(2)22(16(14)3)32-12-21(28)27-8-19-20(9-27)31-11-17(10-30-19)25-23(29)18-7-26(4)13-24-18/h5-7,13,17,19-20H,8-12H2,1-4H3,(H,25,29)/t19-,20-/m0/s1. The van der Waals surface area contributed by atoms with Gasteiger partial charge < -0.3 is 29.0 Å². The minimum atomic E-state index is -0.269. The van der Waals surface area contributed by atoms with Gasteiger partial charge in [-0.1, -0.05) is 12.1 Å². The van der Waals surface area contributed by atoms with Crippen molar-refractivity contribution in [3.05, 3.63) is 47.0 Å². The lowest BCUT2D eigenvalue weighted by Gasteiger charge is -2.20. The Morgan fingerprint density at radius 1 is 1.12 bits per heavy atom. The minimum absolute atomic E-state index is 0.0205. The summed E-state index contributed by atoms with van der Waals surface area (Å²) in [6.45, 7) is 7.51. The molecular weight excluding hydrogens is 412 g/mol. The highest BCUT2D eigenvalue weighted by molar-refractivity contribution is 5.92. The van der Waals surface area contributed by atoms with Crippen LogP contribution in [0, 0.1) is 20.8 Å². The second-order valence-corrected chi connectivity index (χ2v) is 8.58. The first kappa shape index (κ1) is 22.3. The van der Waals surface area contributed by atoms with E-state index in [2.05, 4.69) is 10.3 Å². The van der Waals surface area contributed by atoms with Crippen molar-refractivity contribution >= 4 is 11.8 Å². The van der Waals surface area contributed by atoms with Crippen LogP contribution in [0.4, 0.5) is 0 Å². The molecular formula is C23H30N4O5. The lowest BCUT2D eigenvalue weighted by atomic mass is 10.1. The summed E-state index contributed by atoms with van der Waals surface area (Å²) < 4.78 is 19.6. The van der Waals surface area contributed by atoms with Crippen molar-refractivity contribution in [3.8, 4) is 5.75 Å². The maximum Gasteiger partial charge on any atom is 0.271 e. The number of hydrogen-bond donors (Lipinski definition) is 1. The van der Waals surface area contributed by atoms with Gasteiger partial charge in [0.2, 0.25) is 0 Å². The molecule has 172 valence electrons. The zero-order chi connectivity index (χ0) is 22.8. The number of carbonyl (C=O) groups is 2. The number of nitrogens with zero attached hydrogens (tertiary/aromatic N) is 3. The van der Waals surface area contributed by atoms with Crippen LogP contribution in [0.2, 0.25) is 0 Å². The molecule has 0 unspecified atom stereocenters. The Balaban J connectivity index is 1.27. The Morgan fingerprint density at radius 3 is 2.41 bits per heavy atom. The van der Waals surface area contributed by atoms with Gasteiger partial charge in [0.1, 0.15) is 23.7 Å². The van der Waals surface area contributed by atoms with Gasteiger partial charge in [0.05, 0.1) is 25.6 Å². The quantitative estimate of drug-likeness (QED) is 0.747. The van der Waals surface area contributed by atoms with Crippen molar-refractivity contribution in [3.63, 3.8) is 0 Å². The molecule has 4 rings (SSSR count). The number of likely N-dealkylation sites (tertiary alicyclic amines) is 1. The number of amides is 2. The molecule has 0 bridgehead atoms. The van der Waals surface area contributed by atoms with E-state index < -0.39 is 0 Å². The number of hydrogen-bond acceptors (Lipinski definition) is 6. The largest absolute Gasteiger partial charge is 0.483 e. The van der Waals surface area contributed by atoms with Gasteiger partial charge in [0, 0.05) is 26.3 Å². The maximum absolute atomic E-state index is 12.7. The molecule has 1 N–H and O–H groups in total. The average molecular weight is 443 g/mol. The number of aromatic nitrogens is 2. The Morgan fingerprint density at radius 2 is 1.78 bits per heavy atom. The van der Waals surface area contributed by atoms with Gasteiger partial charge in [0.25, 0.3) is 11.8 Å². The molecule has 2 aliphatic heterocycles. The highest BCUT2D eigenvalue weighted by atomic mass is 16.6. The zero-order valence-electron chi connectivity index (χ0n) is 19.0. The second kappa shape index (κ2) is 9.30. The van der Waals surface area contributed by atoms with Crippen molar-refractivity contribution in [2.45, 2.75) is 39.0 Å². The molecule has 1 aromatic carbocycles. The predicted molar refractivity (Wildman–Crippen MR) is 117 cm³/mol. The van der Waals surface area contributed by atoms with E-state index in [1.807, 2.05) is 40.0 Å². The van der Waals surface area contributed by atoms with Crippen LogP contribution in [0.5, 0.6) is 5.75 Å². The van der Waals surface area contributed by atoms with Crippen LogP contribution in [0.3, 0.4) is 0 Å². The third-order valence-corrected chi connectivity index (χ3v) is 6.08. The van der Waals surface area contributed by atoms with Crippen molar-refractivity contribution in [1.82, 2.24) is 19.8 Å². The smallest absolute Gasteiger partial charge is 0.271 e. The number of carbonyl (C=O) groups excluding carboxylic acids is 2. The minimum Gasteiger partial charge on any atom is -0.483 e. The van der Waals surface area contributed by atoms with Crippen LogP contribution in [0.1, 0.15) is 27.2 Å². The lowest BCUT2D eigenvalue weighted by molar-refractivity contribution is -0.133. The number of benzene rings is 1.